The zero-order valence-electron chi connectivity index (χ0n) is 16.5. The van der Waals surface area contributed by atoms with Gasteiger partial charge in [-0.25, -0.2) is 4.79 Å². The molecule has 1 saturated carbocycles. The Bertz CT molecular complexity index is 943. The first kappa shape index (κ1) is 17.6. The van der Waals surface area contributed by atoms with E-state index in [1.54, 1.807) is 13.0 Å². The number of benzene rings is 1. The Kier molecular flexibility index (Phi) is 3.78. The first-order valence-electron chi connectivity index (χ1n) is 9.58. The minimum Gasteiger partial charge on any atom is -0.507 e. The summed E-state index contributed by atoms with van der Waals surface area (Å²) in [5.74, 6) is 0.217. The zero-order chi connectivity index (χ0) is 18.9. The molecule has 0 spiro atoms. The Hall–Kier alpha value is -1.81. The lowest BCUT2D eigenvalue weighted by Crippen LogP contribution is -2.34. The van der Waals surface area contributed by atoms with Gasteiger partial charge in [-0.3, -0.25) is 4.90 Å². The van der Waals surface area contributed by atoms with Crippen LogP contribution in [0.4, 0.5) is 0 Å². The second kappa shape index (κ2) is 5.59. The molecule has 1 saturated heterocycles. The van der Waals surface area contributed by atoms with Crippen LogP contribution in [0, 0.1) is 24.7 Å². The van der Waals surface area contributed by atoms with Gasteiger partial charge in [0.15, 0.2) is 0 Å². The number of aryl methyl sites for hydroxylation is 1. The highest BCUT2D eigenvalue weighted by atomic mass is 16.4. The van der Waals surface area contributed by atoms with Crippen LogP contribution in [0.5, 0.6) is 5.75 Å². The normalized spacial score (nSPS) is 28.0. The predicted octanol–water partition coefficient (Wildman–Crippen LogP) is 4.52. The fraction of sp³-hybridized carbons (Fsp3) is 0.591. The third-order valence-corrected chi connectivity index (χ3v) is 6.59. The number of aromatic hydroxyl groups is 1. The van der Waals surface area contributed by atoms with Crippen LogP contribution in [0.15, 0.2) is 21.3 Å². The summed E-state index contributed by atoms with van der Waals surface area (Å²) in [6, 6.07) is 4.11. The second-order valence-corrected chi connectivity index (χ2v) is 9.70. The van der Waals surface area contributed by atoms with E-state index in [0.29, 0.717) is 34.6 Å². The topological polar surface area (TPSA) is 53.7 Å². The van der Waals surface area contributed by atoms with Crippen molar-refractivity contribution in [1.29, 1.82) is 0 Å². The smallest absolute Gasteiger partial charge is 0.339 e. The van der Waals surface area contributed by atoms with Gasteiger partial charge < -0.3 is 9.52 Å². The number of hydrogen-bond donors (Lipinski definition) is 1. The van der Waals surface area contributed by atoms with Gasteiger partial charge in [-0.15, -0.1) is 0 Å². The number of nitrogens with zero attached hydrogens (tertiary/aromatic N) is 1. The molecule has 1 aromatic carbocycles. The minimum atomic E-state index is -0.310. The van der Waals surface area contributed by atoms with Crippen LogP contribution in [0.25, 0.3) is 11.0 Å². The number of phenolic OH excluding ortho intramolecular Hbond substituents is 1. The van der Waals surface area contributed by atoms with Crippen LogP contribution in [0.1, 0.15) is 56.7 Å². The molecule has 2 atom stereocenters. The number of hydrogen-bond acceptors (Lipinski definition) is 4. The molecular weight excluding hydrogens is 326 g/mol. The molecule has 1 N–H and O–H groups in total. The van der Waals surface area contributed by atoms with Crippen molar-refractivity contribution in [3.05, 3.63) is 39.2 Å². The van der Waals surface area contributed by atoms with Gasteiger partial charge >= 0.3 is 5.63 Å². The fourth-order valence-electron chi connectivity index (χ4n) is 5.67. The molecule has 2 heterocycles. The lowest BCUT2D eigenvalue weighted by molar-refractivity contribution is 0.126. The standard InChI is InChI=1S/C22H29NO3/c1-13-14(2)20(25)26-19-16(13)6-7-18(24)17(19)10-23-12-22(5)9-15(23)8-21(3,4)11-22/h6-7,15,24H,8-12H2,1-5H3. The van der Waals surface area contributed by atoms with E-state index < -0.39 is 0 Å². The molecule has 0 amide bonds. The van der Waals surface area contributed by atoms with E-state index in [2.05, 4.69) is 25.7 Å². The Morgan fingerprint density at radius 1 is 1.19 bits per heavy atom. The van der Waals surface area contributed by atoms with Crippen molar-refractivity contribution in [2.75, 3.05) is 6.54 Å². The van der Waals surface area contributed by atoms with Crippen molar-refractivity contribution >= 4 is 11.0 Å². The van der Waals surface area contributed by atoms with Crippen molar-refractivity contribution in [3.63, 3.8) is 0 Å². The van der Waals surface area contributed by atoms with Gasteiger partial charge in [0.05, 0.1) is 5.56 Å². The van der Waals surface area contributed by atoms with Crippen molar-refractivity contribution < 1.29 is 9.52 Å². The molecule has 2 bridgehead atoms. The van der Waals surface area contributed by atoms with E-state index in [-0.39, 0.29) is 11.4 Å². The molecule has 1 aliphatic carbocycles. The Labute approximate surface area is 154 Å². The second-order valence-electron chi connectivity index (χ2n) is 9.70. The summed E-state index contributed by atoms with van der Waals surface area (Å²) in [6.45, 7) is 12.5. The van der Waals surface area contributed by atoms with E-state index >= 15 is 0 Å². The summed E-state index contributed by atoms with van der Waals surface area (Å²) in [6.07, 6.45) is 3.63. The summed E-state index contributed by atoms with van der Waals surface area (Å²) in [4.78, 5) is 14.7. The maximum atomic E-state index is 12.2. The van der Waals surface area contributed by atoms with Crippen molar-refractivity contribution in [1.82, 2.24) is 4.90 Å². The first-order valence-corrected chi connectivity index (χ1v) is 9.58. The predicted molar refractivity (Wildman–Crippen MR) is 104 cm³/mol. The van der Waals surface area contributed by atoms with Crippen LogP contribution in [-0.2, 0) is 6.54 Å². The highest BCUT2D eigenvalue weighted by Crippen LogP contribution is 2.53. The van der Waals surface area contributed by atoms with Gasteiger partial charge in [0.25, 0.3) is 0 Å². The first-order chi connectivity index (χ1) is 12.1. The molecule has 1 aromatic heterocycles. The summed E-state index contributed by atoms with van der Waals surface area (Å²) >= 11 is 0. The van der Waals surface area contributed by atoms with Gasteiger partial charge in [-0.2, -0.15) is 0 Å². The molecule has 0 radical (unpaired) electrons. The molecule has 2 aliphatic rings. The molecular formula is C22H29NO3. The summed E-state index contributed by atoms with van der Waals surface area (Å²) < 4.78 is 5.63. The van der Waals surface area contributed by atoms with Gasteiger partial charge in [0.1, 0.15) is 11.3 Å². The molecule has 4 heteroatoms. The third kappa shape index (κ3) is 2.75. The van der Waals surface area contributed by atoms with Crippen LogP contribution in [0.2, 0.25) is 0 Å². The maximum Gasteiger partial charge on any atom is 0.339 e. The van der Waals surface area contributed by atoms with E-state index in [4.69, 9.17) is 4.42 Å². The van der Waals surface area contributed by atoms with Crippen LogP contribution in [0.3, 0.4) is 0 Å². The average molecular weight is 355 g/mol. The molecule has 140 valence electrons. The largest absolute Gasteiger partial charge is 0.507 e. The monoisotopic (exact) mass is 355 g/mol. The third-order valence-electron chi connectivity index (χ3n) is 6.59. The average Bonchev–Trinajstić information content (AvgIpc) is 2.76. The number of phenols is 1. The molecule has 2 unspecified atom stereocenters. The highest BCUT2D eigenvalue weighted by molar-refractivity contribution is 5.85. The van der Waals surface area contributed by atoms with E-state index in [0.717, 1.165) is 23.1 Å². The minimum absolute atomic E-state index is 0.217. The summed E-state index contributed by atoms with van der Waals surface area (Å²) in [5.41, 5.74) is 3.25. The lowest BCUT2D eigenvalue weighted by Gasteiger charge is -2.40. The van der Waals surface area contributed by atoms with Crippen LogP contribution in [-0.4, -0.2) is 22.6 Å². The Balaban J connectivity index is 1.77. The quantitative estimate of drug-likeness (QED) is 0.805. The fourth-order valence-corrected chi connectivity index (χ4v) is 5.67. The van der Waals surface area contributed by atoms with Gasteiger partial charge in [-0.05, 0) is 61.6 Å². The number of fused-ring (bicyclic) bond motifs is 3. The van der Waals surface area contributed by atoms with Gasteiger partial charge in [0.2, 0.25) is 0 Å². The Morgan fingerprint density at radius 3 is 2.65 bits per heavy atom. The van der Waals surface area contributed by atoms with Crippen LogP contribution >= 0.6 is 0 Å². The van der Waals surface area contributed by atoms with Gasteiger partial charge in [0, 0.05) is 30.1 Å². The van der Waals surface area contributed by atoms with Crippen molar-refractivity contribution in [2.45, 2.75) is 66.5 Å². The van der Waals surface area contributed by atoms with E-state index in [9.17, 15) is 9.90 Å². The van der Waals surface area contributed by atoms with E-state index in [1.165, 1.54) is 19.3 Å². The van der Waals surface area contributed by atoms with Crippen molar-refractivity contribution in [3.8, 4) is 5.75 Å². The SMILES string of the molecule is Cc1c(C)c2ccc(O)c(CN3CC4(C)CC3CC(C)(C)C4)c2oc1=O. The zero-order valence-corrected chi connectivity index (χ0v) is 16.5. The molecule has 26 heavy (non-hydrogen) atoms. The molecule has 4 rings (SSSR count). The van der Waals surface area contributed by atoms with E-state index in [1.807, 2.05) is 13.0 Å². The Morgan fingerprint density at radius 2 is 1.92 bits per heavy atom. The van der Waals surface area contributed by atoms with Crippen molar-refractivity contribution in [2.24, 2.45) is 10.8 Å². The molecule has 2 fully saturated rings. The molecule has 1 aliphatic heterocycles. The lowest BCUT2D eigenvalue weighted by atomic mass is 9.65. The number of likely N-dealkylation sites (tertiary alicyclic amines) is 1. The summed E-state index contributed by atoms with van der Waals surface area (Å²) in [7, 11) is 0. The maximum absolute atomic E-state index is 12.2. The summed E-state index contributed by atoms with van der Waals surface area (Å²) in [5, 5.41) is 11.5. The van der Waals surface area contributed by atoms with Gasteiger partial charge in [-0.1, -0.05) is 20.8 Å². The highest BCUT2D eigenvalue weighted by Gasteiger charge is 2.49. The number of rotatable bonds is 2. The molecule has 2 aromatic rings. The molecule has 4 nitrogen and oxygen atoms in total. The van der Waals surface area contributed by atoms with Crippen LogP contribution < -0.4 is 5.63 Å².